The minimum atomic E-state index is -1.16. The molecule has 158 valence electrons. The van der Waals surface area contributed by atoms with Crippen LogP contribution >= 0.6 is 0 Å². The number of hydrogen-bond acceptors (Lipinski definition) is 7. The van der Waals surface area contributed by atoms with E-state index in [0.29, 0.717) is 12.4 Å². The minimum absolute atomic E-state index is 0.0538. The third-order valence-corrected chi connectivity index (χ3v) is 5.58. The monoisotopic (exact) mass is 421 g/mol. The Kier molecular flexibility index (Phi) is 4.92. The van der Waals surface area contributed by atoms with Gasteiger partial charge in [-0.1, -0.05) is 42.5 Å². The lowest BCUT2D eigenvalue weighted by Crippen LogP contribution is -2.44. The summed E-state index contributed by atoms with van der Waals surface area (Å²) in [6.45, 7) is 0.577. The molecule has 2 N–H and O–H groups in total. The first-order valence-corrected chi connectivity index (χ1v) is 9.83. The molecule has 0 spiro atoms. The fourth-order valence-electron chi connectivity index (χ4n) is 4.12. The molecule has 2 fully saturated rings. The number of fused-ring (bicyclic) bond motifs is 1. The number of tetrazole rings is 1. The molecule has 3 heterocycles. The maximum Gasteiger partial charge on any atom is 0.336 e. The molecule has 0 radical (unpaired) electrons. The van der Waals surface area contributed by atoms with Crippen molar-refractivity contribution >= 4 is 11.9 Å². The number of ether oxygens (including phenoxy) is 2. The smallest absolute Gasteiger partial charge is 0.336 e. The van der Waals surface area contributed by atoms with Crippen LogP contribution in [0.5, 0.6) is 0 Å². The number of rotatable bonds is 5. The summed E-state index contributed by atoms with van der Waals surface area (Å²) >= 11 is 0. The van der Waals surface area contributed by atoms with E-state index in [9.17, 15) is 14.7 Å². The molecule has 10 nitrogen and oxygen atoms in total. The first-order valence-electron chi connectivity index (χ1n) is 9.83. The number of aromatic nitrogens is 4. The summed E-state index contributed by atoms with van der Waals surface area (Å²) in [7, 11) is 0. The zero-order valence-electron chi connectivity index (χ0n) is 16.3. The van der Waals surface area contributed by atoms with Crippen LogP contribution in [0, 0.1) is 0 Å². The van der Waals surface area contributed by atoms with Crippen molar-refractivity contribution in [1.29, 1.82) is 0 Å². The Labute approximate surface area is 176 Å². The summed E-state index contributed by atoms with van der Waals surface area (Å²) in [5.41, 5.74) is 0.922. The Balaban J connectivity index is 1.33. The molecule has 0 unspecified atom stereocenters. The Morgan fingerprint density at radius 1 is 0.968 bits per heavy atom. The molecule has 1 aromatic heterocycles. The van der Waals surface area contributed by atoms with Gasteiger partial charge in [0.2, 0.25) is 0 Å². The Hall–Kier alpha value is -3.63. The van der Waals surface area contributed by atoms with Crippen LogP contribution in [0.1, 0.15) is 26.8 Å². The second kappa shape index (κ2) is 7.89. The first-order chi connectivity index (χ1) is 15.1. The second-order valence-corrected chi connectivity index (χ2v) is 7.41. The number of nitrogens with zero attached hydrogens (tertiary/aromatic N) is 4. The van der Waals surface area contributed by atoms with Gasteiger partial charge in [0.25, 0.3) is 5.91 Å². The van der Waals surface area contributed by atoms with Gasteiger partial charge in [-0.2, -0.15) is 0 Å². The highest BCUT2D eigenvalue weighted by molar-refractivity contribution is 6.04. The average molecular weight is 421 g/mol. The van der Waals surface area contributed by atoms with Crippen LogP contribution in [0.15, 0.2) is 54.6 Å². The highest BCUT2D eigenvalue weighted by Gasteiger charge is 2.50. The highest BCUT2D eigenvalue weighted by Crippen LogP contribution is 2.35. The predicted molar refractivity (Wildman–Crippen MR) is 106 cm³/mol. The van der Waals surface area contributed by atoms with Crippen molar-refractivity contribution in [1.82, 2.24) is 25.5 Å². The van der Waals surface area contributed by atoms with E-state index in [2.05, 4.69) is 20.8 Å². The Bertz CT molecular complexity index is 1120. The Morgan fingerprint density at radius 3 is 2.45 bits per heavy atom. The van der Waals surface area contributed by atoms with Crippen LogP contribution in [0.25, 0.3) is 11.4 Å². The first kappa shape index (κ1) is 19.3. The maximum absolute atomic E-state index is 12.7. The van der Waals surface area contributed by atoms with Gasteiger partial charge in [0.15, 0.2) is 5.82 Å². The summed E-state index contributed by atoms with van der Waals surface area (Å²) in [5.74, 6) is -1.02. The number of aromatic carboxylic acids is 1. The van der Waals surface area contributed by atoms with Gasteiger partial charge in [0, 0.05) is 5.56 Å². The van der Waals surface area contributed by atoms with Gasteiger partial charge in [0.05, 0.1) is 30.4 Å². The van der Waals surface area contributed by atoms with Crippen molar-refractivity contribution < 1.29 is 24.2 Å². The van der Waals surface area contributed by atoms with E-state index < -0.39 is 24.0 Å². The minimum Gasteiger partial charge on any atom is -0.478 e. The number of hydrogen-bond donors (Lipinski definition) is 2. The zero-order valence-corrected chi connectivity index (χ0v) is 16.3. The maximum atomic E-state index is 12.7. The quantitative estimate of drug-likeness (QED) is 0.628. The number of nitrogens with one attached hydrogen (secondary N) is 1. The number of carboxylic acid groups (broad SMARTS) is 1. The summed E-state index contributed by atoms with van der Waals surface area (Å²) in [5, 5.41) is 24.3. The third kappa shape index (κ3) is 3.45. The number of carbonyl (C=O) groups excluding carboxylic acids is 1. The van der Waals surface area contributed by atoms with Crippen LogP contribution < -0.4 is 5.32 Å². The molecular weight excluding hydrogens is 402 g/mol. The van der Waals surface area contributed by atoms with Gasteiger partial charge in [-0.05, 0) is 22.6 Å². The highest BCUT2D eigenvalue weighted by atomic mass is 16.6. The summed E-state index contributed by atoms with van der Waals surface area (Å²) < 4.78 is 13.6. The van der Waals surface area contributed by atoms with E-state index in [1.807, 2.05) is 30.3 Å². The number of carboxylic acids is 1. The molecule has 4 atom stereocenters. The summed E-state index contributed by atoms with van der Waals surface area (Å²) in [6, 6.07) is 15.0. The molecule has 31 heavy (non-hydrogen) atoms. The van der Waals surface area contributed by atoms with Crippen LogP contribution in [0.4, 0.5) is 0 Å². The molecule has 0 aliphatic carbocycles. The van der Waals surface area contributed by atoms with Crippen LogP contribution in [0.3, 0.4) is 0 Å². The predicted octanol–water partition coefficient (Wildman–Crippen LogP) is 1.18. The fraction of sp³-hybridized carbons (Fsp3) is 0.286. The molecule has 2 aromatic carbocycles. The molecule has 1 amide bonds. The number of amides is 1. The van der Waals surface area contributed by atoms with Gasteiger partial charge in [0.1, 0.15) is 18.2 Å². The normalized spacial score (nSPS) is 24.6. The van der Waals surface area contributed by atoms with Crippen LogP contribution in [-0.4, -0.2) is 68.7 Å². The van der Waals surface area contributed by atoms with Crippen molar-refractivity contribution in [2.45, 2.75) is 24.3 Å². The summed E-state index contributed by atoms with van der Waals surface area (Å²) in [6.07, 6.45) is -0.732. The van der Waals surface area contributed by atoms with Crippen molar-refractivity contribution in [2.24, 2.45) is 0 Å². The molecule has 0 bridgehead atoms. The van der Waals surface area contributed by atoms with Gasteiger partial charge >= 0.3 is 5.97 Å². The second-order valence-electron chi connectivity index (χ2n) is 7.41. The van der Waals surface area contributed by atoms with E-state index in [4.69, 9.17) is 9.47 Å². The molecule has 2 aliphatic rings. The molecule has 0 saturated carbocycles. The van der Waals surface area contributed by atoms with E-state index in [0.717, 1.165) is 5.56 Å². The van der Waals surface area contributed by atoms with Gasteiger partial charge in [-0.15, -0.1) is 5.10 Å². The molecule has 2 aliphatic heterocycles. The lowest BCUT2D eigenvalue weighted by molar-refractivity contribution is 0.0613. The van der Waals surface area contributed by atoms with Crippen molar-refractivity contribution in [3.63, 3.8) is 0 Å². The van der Waals surface area contributed by atoms with E-state index in [1.165, 1.54) is 12.1 Å². The largest absolute Gasteiger partial charge is 0.478 e. The van der Waals surface area contributed by atoms with Gasteiger partial charge in [-0.3, -0.25) is 4.79 Å². The number of carbonyl (C=O) groups is 2. The standard InChI is InChI=1S/C21H19N5O5/c27-20(13-8-4-5-9-14(13)21(28)29)22-15-10-30-18-16(11-31-17(15)18)26-19(23-24-25-26)12-6-2-1-3-7-12/h1-9,15-18H,10-11H2,(H,22,27)(H,28,29)/t15-,16+,17-,18+/m0/s1. The van der Waals surface area contributed by atoms with E-state index in [-0.39, 0.29) is 29.9 Å². The molecule has 2 saturated heterocycles. The van der Waals surface area contributed by atoms with E-state index >= 15 is 0 Å². The summed E-state index contributed by atoms with van der Waals surface area (Å²) in [4.78, 5) is 24.2. The van der Waals surface area contributed by atoms with Crippen molar-refractivity contribution in [2.75, 3.05) is 13.2 Å². The van der Waals surface area contributed by atoms with Crippen molar-refractivity contribution in [3.8, 4) is 11.4 Å². The molecule has 10 heteroatoms. The lowest BCUT2D eigenvalue weighted by atomic mass is 10.0. The van der Waals surface area contributed by atoms with Crippen LogP contribution in [-0.2, 0) is 9.47 Å². The molecule has 3 aromatic rings. The SMILES string of the molecule is O=C(O)c1ccccc1C(=O)N[C@H]1CO[C@H]2[C@H]1OC[C@H]2n1nnnc1-c1ccccc1. The Morgan fingerprint density at radius 2 is 1.68 bits per heavy atom. The molecular formula is C21H19N5O5. The fourth-order valence-corrected chi connectivity index (χ4v) is 4.12. The average Bonchev–Trinajstić information content (AvgIpc) is 3.51. The third-order valence-electron chi connectivity index (χ3n) is 5.58. The lowest BCUT2D eigenvalue weighted by Gasteiger charge is -2.18. The van der Waals surface area contributed by atoms with Crippen LogP contribution in [0.2, 0.25) is 0 Å². The topological polar surface area (TPSA) is 128 Å². The van der Waals surface area contributed by atoms with E-state index in [1.54, 1.807) is 16.8 Å². The number of benzene rings is 2. The van der Waals surface area contributed by atoms with Crippen molar-refractivity contribution in [3.05, 3.63) is 65.7 Å². The molecule has 5 rings (SSSR count). The van der Waals surface area contributed by atoms with Gasteiger partial charge < -0.3 is 19.9 Å². The zero-order chi connectivity index (χ0) is 21.4. The van der Waals surface area contributed by atoms with Gasteiger partial charge in [-0.25, -0.2) is 9.48 Å².